The van der Waals surface area contributed by atoms with Gasteiger partial charge in [0.2, 0.25) is 12.1 Å². The smallest absolute Gasteiger partial charge is 0.295 e. The normalized spacial score (nSPS) is 13.8. The number of pyridine rings is 1. The zero-order valence-corrected chi connectivity index (χ0v) is 18.4. The van der Waals surface area contributed by atoms with Crippen molar-refractivity contribution in [2.45, 2.75) is 0 Å². The van der Waals surface area contributed by atoms with E-state index in [9.17, 15) is 9.59 Å². The molecule has 0 radical (unpaired) electrons. The Morgan fingerprint density at radius 1 is 1.12 bits per heavy atom. The van der Waals surface area contributed by atoms with E-state index >= 15 is 0 Å². The maximum Gasteiger partial charge on any atom is 0.295 e. The zero-order chi connectivity index (χ0) is 24.0. The van der Waals surface area contributed by atoms with Crippen LogP contribution in [0.4, 0.5) is 5.69 Å². The van der Waals surface area contributed by atoms with E-state index in [1.807, 2.05) is 41.4 Å². The van der Waals surface area contributed by atoms with Crippen LogP contribution < -0.4 is 15.2 Å². The third-order valence-corrected chi connectivity index (χ3v) is 5.28. The molecule has 1 aromatic carbocycles. The molecule has 0 atom stereocenters. The minimum absolute atomic E-state index is 0.0630. The van der Waals surface area contributed by atoms with Crippen LogP contribution in [0, 0.1) is 11.5 Å². The van der Waals surface area contributed by atoms with E-state index < -0.39 is 11.7 Å². The number of anilines is 1. The summed E-state index contributed by atoms with van der Waals surface area (Å²) in [5.74, 6) is -0.649. The number of nitrogen functional groups attached to an aromatic ring is 1. The summed E-state index contributed by atoms with van der Waals surface area (Å²) in [5.41, 5.74) is 7.01. The largest absolute Gasteiger partial charge is 0.494 e. The number of aromatic nitrogens is 1. The number of amides is 1. The second-order valence-corrected chi connectivity index (χ2v) is 7.11. The van der Waals surface area contributed by atoms with Crippen LogP contribution in [0.25, 0.3) is 5.57 Å². The molecule has 33 heavy (non-hydrogen) atoms. The monoisotopic (exact) mass is 448 g/mol. The highest BCUT2D eigenvalue weighted by molar-refractivity contribution is 6.53. The Balaban J connectivity index is 1.74. The Bertz CT molecular complexity index is 1130. The molecule has 2 aromatic rings. The zero-order valence-electron chi connectivity index (χ0n) is 18.4. The van der Waals surface area contributed by atoms with E-state index in [0.29, 0.717) is 18.9 Å². The van der Waals surface area contributed by atoms with Crippen LogP contribution in [0.15, 0.2) is 48.1 Å². The lowest BCUT2D eigenvalue weighted by molar-refractivity contribution is -0.142. The number of methoxy groups -OCH3 is 2. The lowest BCUT2D eigenvalue weighted by atomic mass is 10.0. The Labute approximate surface area is 191 Å². The summed E-state index contributed by atoms with van der Waals surface area (Å²) < 4.78 is 10.3. The number of Topliss-reactive ketones (excluding diaryl/α,β-unsaturated/α-hetero) is 1. The quantitative estimate of drug-likeness (QED) is 0.230. The summed E-state index contributed by atoms with van der Waals surface area (Å²) in [5, 5.41) is 9.10. The van der Waals surface area contributed by atoms with Gasteiger partial charge < -0.3 is 25.0 Å². The van der Waals surface area contributed by atoms with Crippen molar-refractivity contribution in [1.29, 1.82) is 5.26 Å². The molecule has 0 spiro atoms. The van der Waals surface area contributed by atoms with Crippen LogP contribution in [0.5, 0.6) is 11.6 Å². The van der Waals surface area contributed by atoms with Crippen LogP contribution >= 0.6 is 0 Å². The second-order valence-electron chi connectivity index (χ2n) is 7.11. The van der Waals surface area contributed by atoms with E-state index in [4.69, 9.17) is 20.5 Å². The summed E-state index contributed by atoms with van der Waals surface area (Å²) in [7, 11) is 2.79. The summed E-state index contributed by atoms with van der Waals surface area (Å²) in [6.45, 7) is 5.17. The number of hydrogen-bond acceptors (Lipinski definition) is 8. The van der Waals surface area contributed by atoms with E-state index in [1.54, 1.807) is 0 Å². The molecule has 0 aliphatic carbocycles. The molecule has 1 saturated heterocycles. The number of piperazine rings is 1. The molecule has 1 aliphatic rings. The van der Waals surface area contributed by atoms with Crippen LogP contribution in [0.3, 0.4) is 0 Å². The lowest BCUT2D eigenvalue weighted by Gasteiger charge is -2.36. The van der Waals surface area contributed by atoms with Crippen molar-refractivity contribution in [3.05, 3.63) is 54.2 Å². The van der Waals surface area contributed by atoms with Gasteiger partial charge in [0, 0.05) is 37.3 Å². The maximum atomic E-state index is 13.0. The number of nitrogens with zero attached hydrogens (tertiary/aromatic N) is 5. The highest BCUT2D eigenvalue weighted by atomic mass is 16.5. The first-order chi connectivity index (χ1) is 15.9. The molecule has 1 fully saturated rings. The van der Waals surface area contributed by atoms with Crippen molar-refractivity contribution < 1.29 is 19.1 Å². The predicted molar refractivity (Wildman–Crippen MR) is 123 cm³/mol. The van der Waals surface area contributed by atoms with Crippen LogP contribution in [-0.2, 0) is 9.59 Å². The first kappa shape index (κ1) is 23.3. The van der Waals surface area contributed by atoms with Crippen LogP contribution in [0.2, 0.25) is 0 Å². The van der Waals surface area contributed by atoms with Gasteiger partial charge in [0.25, 0.3) is 11.7 Å². The average Bonchev–Trinajstić information content (AvgIpc) is 2.86. The molecule has 0 bridgehead atoms. The number of hydrogen-bond donors (Lipinski definition) is 1. The van der Waals surface area contributed by atoms with Crippen LogP contribution in [0.1, 0.15) is 11.1 Å². The third kappa shape index (κ3) is 4.77. The lowest BCUT2D eigenvalue weighted by Crippen LogP contribution is -2.52. The van der Waals surface area contributed by atoms with Gasteiger partial charge in [-0.2, -0.15) is 10.3 Å². The van der Waals surface area contributed by atoms with Gasteiger partial charge in [-0.25, -0.2) is 4.98 Å². The van der Waals surface area contributed by atoms with E-state index in [1.165, 1.54) is 25.3 Å². The molecule has 0 saturated carbocycles. The van der Waals surface area contributed by atoms with Crippen molar-refractivity contribution in [2.75, 3.05) is 46.1 Å². The van der Waals surface area contributed by atoms with Crippen molar-refractivity contribution >= 4 is 28.8 Å². The molecule has 170 valence electrons. The predicted octanol–water partition coefficient (Wildman–Crippen LogP) is 1.34. The molecule has 1 amide bonds. The molecule has 2 N–H and O–H groups in total. The van der Waals surface area contributed by atoms with E-state index in [-0.39, 0.29) is 41.5 Å². The number of carbonyl (C=O) groups is 2. The number of carbonyl (C=O) groups excluding carboxylic acids is 2. The minimum Gasteiger partial charge on any atom is -0.494 e. The van der Waals surface area contributed by atoms with E-state index in [2.05, 4.69) is 16.6 Å². The molecular formula is C23H24N6O4. The average molecular weight is 448 g/mol. The van der Waals surface area contributed by atoms with Crippen molar-refractivity contribution in [1.82, 2.24) is 14.8 Å². The molecule has 10 nitrogen and oxygen atoms in total. The Kier molecular flexibility index (Phi) is 7.25. The standard InChI is InChI=1S/C23H24N6O4/c1-15(18-17(32-2)13-26-22(33-3)19(18)25)20(30)23(31)29-11-9-28(10-12-29)21(27-14-24)16-7-5-4-6-8-16/h4-8,13H,1,9-12,25H2,2-3H3. The van der Waals surface area contributed by atoms with Crippen molar-refractivity contribution in [2.24, 2.45) is 4.99 Å². The highest BCUT2D eigenvalue weighted by Gasteiger charge is 2.31. The summed E-state index contributed by atoms with van der Waals surface area (Å²) >= 11 is 0. The molecule has 3 rings (SSSR count). The summed E-state index contributed by atoms with van der Waals surface area (Å²) in [6, 6.07) is 9.33. The number of amidine groups is 1. The van der Waals surface area contributed by atoms with Gasteiger partial charge in [0.05, 0.1) is 26.0 Å². The summed E-state index contributed by atoms with van der Waals surface area (Å²) in [6.07, 6.45) is 3.19. The van der Waals surface area contributed by atoms with Gasteiger partial charge in [-0.15, -0.1) is 0 Å². The van der Waals surface area contributed by atoms with Crippen LogP contribution in [-0.4, -0.2) is 72.7 Å². The number of nitriles is 1. The topological polar surface area (TPSA) is 134 Å². The fourth-order valence-electron chi connectivity index (χ4n) is 3.58. The van der Waals surface area contributed by atoms with Gasteiger partial charge in [0.15, 0.2) is 0 Å². The van der Waals surface area contributed by atoms with Gasteiger partial charge in [0.1, 0.15) is 17.3 Å². The van der Waals surface area contributed by atoms with Crippen molar-refractivity contribution in [3.63, 3.8) is 0 Å². The van der Waals surface area contributed by atoms with E-state index in [0.717, 1.165) is 5.56 Å². The molecule has 0 unspecified atom stereocenters. The molecule has 2 heterocycles. The summed E-state index contributed by atoms with van der Waals surface area (Å²) in [4.78, 5) is 37.2. The minimum atomic E-state index is -0.796. The van der Waals surface area contributed by atoms with Gasteiger partial charge in [-0.1, -0.05) is 36.9 Å². The Hall–Kier alpha value is -4.39. The Morgan fingerprint density at radius 3 is 2.33 bits per heavy atom. The number of ether oxygens (including phenoxy) is 2. The highest BCUT2D eigenvalue weighted by Crippen LogP contribution is 2.35. The van der Waals surface area contributed by atoms with Gasteiger partial charge in [-0.05, 0) is 0 Å². The number of nitrogens with two attached hydrogens (primary N) is 1. The van der Waals surface area contributed by atoms with Crippen molar-refractivity contribution in [3.8, 4) is 17.8 Å². The van der Waals surface area contributed by atoms with Gasteiger partial charge in [-0.3, -0.25) is 9.59 Å². The fourth-order valence-corrected chi connectivity index (χ4v) is 3.58. The maximum absolute atomic E-state index is 13.0. The molecule has 1 aliphatic heterocycles. The van der Waals surface area contributed by atoms with Gasteiger partial charge >= 0.3 is 0 Å². The SMILES string of the molecule is C=C(C(=O)C(=O)N1CCN(C(=NC#N)c2ccccc2)CC1)c1c(OC)cnc(OC)c1N. The fraction of sp³-hybridized carbons (Fsp3) is 0.261. The number of rotatable bonds is 6. The first-order valence-corrected chi connectivity index (χ1v) is 10.1. The molecule has 1 aromatic heterocycles. The Morgan fingerprint density at radius 2 is 1.76 bits per heavy atom. The first-order valence-electron chi connectivity index (χ1n) is 10.1. The number of ketones is 1. The number of benzene rings is 1. The third-order valence-electron chi connectivity index (χ3n) is 5.28. The molecular weight excluding hydrogens is 424 g/mol. The molecule has 10 heteroatoms. The number of aliphatic imine (C=N–C) groups is 1. The second kappa shape index (κ2) is 10.3.